The van der Waals surface area contributed by atoms with Gasteiger partial charge >= 0.3 is 0 Å². The molecule has 2 N–H and O–H groups in total. The van der Waals surface area contributed by atoms with Crippen molar-refractivity contribution in [2.24, 2.45) is 0 Å². The Hall–Kier alpha value is -4.43. The number of anilines is 1. The smallest absolute Gasteiger partial charge is 0.294 e. The van der Waals surface area contributed by atoms with Crippen molar-refractivity contribution in [3.05, 3.63) is 106 Å². The van der Waals surface area contributed by atoms with Gasteiger partial charge in [-0.15, -0.1) is 11.3 Å². The molecule has 1 unspecified atom stereocenters. The fourth-order valence-electron chi connectivity index (χ4n) is 4.84. The molecule has 7 nitrogen and oxygen atoms in total. The second-order valence-corrected chi connectivity index (χ2v) is 10.9. The number of aromatic nitrogens is 1. The van der Waals surface area contributed by atoms with Crippen molar-refractivity contribution in [1.82, 2.24) is 4.98 Å². The molecule has 0 radical (unpaired) electrons. The van der Waals surface area contributed by atoms with Crippen LogP contribution in [0.2, 0.25) is 0 Å². The van der Waals surface area contributed by atoms with Gasteiger partial charge in [0.2, 0.25) is 5.78 Å². The summed E-state index contributed by atoms with van der Waals surface area (Å²) in [6.45, 7) is 8.02. The van der Waals surface area contributed by atoms with Gasteiger partial charge in [-0.2, -0.15) is 0 Å². The summed E-state index contributed by atoms with van der Waals surface area (Å²) < 4.78 is 5.60. The molecule has 0 saturated carbocycles. The molecule has 0 saturated heterocycles. The molecule has 3 aromatic carbocycles. The first-order valence-electron chi connectivity index (χ1n) is 13.1. The van der Waals surface area contributed by atoms with E-state index in [9.17, 15) is 19.8 Å². The van der Waals surface area contributed by atoms with E-state index in [4.69, 9.17) is 4.74 Å². The minimum Gasteiger partial charge on any atom is -0.504 e. The van der Waals surface area contributed by atoms with Gasteiger partial charge in [-0.3, -0.25) is 14.5 Å². The Morgan fingerprint density at radius 1 is 1.05 bits per heavy atom. The molecule has 1 aliphatic rings. The van der Waals surface area contributed by atoms with E-state index in [0.717, 1.165) is 11.1 Å². The molecule has 1 aromatic heterocycles. The minimum absolute atomic E-state index is 0.0440. The Morgan fingerprint density at radius 2 is 1.75 bits per heavy atom. The Labute approximate surface area is 237 Å². The number of phenolic OH excluding ortho intramolecular Hbond substituents is 1. The van der Waals surface area contributed by atoms with Crippen LogP contribution in [-0.2, 0) is 4.79 Å². The Morgan fingerprint density at radius 3 is 2.40 bits per heavy atom. The topological polar surface area (TPSA) is 100.0 Å². The van der Waals surface area contributed by atoms with Crippen molar-refractivity contribution >= 4 is 28.7 Å². The summed E-state index contributed by atoms with van der Waals surface area (Å²) in [4.78, 5) is 34.1. The lowest BCUT2D eigenvalue weighted by molar-refractivity contribution is -0.117. The van der Waals surface area contributed by atoms with Crippen LogP contribution in [0.1, 0.15) is 59.2 Å². The zero-order valence-corrected chi connectivity index (χ0v) is 23.5. The van der Waals surface area contributed by atoms with E-state index < -0.39 is 23.5 Å². The number of hydrogen-bond acceptors (Lipinski definition) is 7. The Balaban J connectivity index is 1.64. The predicted octanol–water partition coefficient (Wildman–Crippen LogP) is 7.13. The highest BCUT2D eigenvalue weighted by molar-refractivity contribution is 7.17. The van der Waals surface area contributed by atoms with Crippen LogP contribution < -0.4 is 9.64 Å². The third-order valence-electron chi connectivity index (χ3n) is 6.91. The van der Waals surface area contributed by atoms with Crippen LogP contribution >= 0.6 is 11.3 Å². The first-order chi connectivity index (χ1) is 19.2. The van der Waals surface area contributed by atoms with Gasteiger partial charge in [0.1, 0.15) is 5.01 Å². The van der Waals surface area contributed by atoms with Gasteiger partial charge < -0.3 is 14.9 Å². The first-order valence-corrected chi connectivity index (χ1v) is 13.9. The van der Waals surface area contributed by atoms with Gasteiger partial charge in [0.25, 0.3) is 5.91 Å². The van der Waals surface area contributed by atoms with Crippen LogP contribution in [0.25, 0.3) is 10.6 Å². The van der Waals surface area contributed by atoms with E-state index in [1.165, 1.54) is 22.3 Å². The van der Waals surface area contributed by atoms with Gasteiger partial charge in [-0.05, 0) is 55.2 Å². The maximum absolute atomic E-state index is 14.1. The van der Waals surface area contributed by atoms with E-state index in [0.29, 0.717) is 39.4 Å². The molecular formula is C32H30N2O5S. The van der Waals surface area contributed by atoms with Crippen molar-refractivity contribution in [2.75, 3.05) is 11.5 Å². The monoisotopic (exact) mass is 554 g/mol. The molecule has 0 fully saturated rings. The van der Waals surface area contributed by atoms with Gasteiger partial charge in [-0.1, -0.05) is 62.4 Å². The van der Waals surface area contributed by atoms with Crippen LogP contribution in [0, 0.1) is 6.92 Å². The summed E-state index contributed by atoms with van der Waals surface area (Å²) in [6, 6.07) is 20.8. The average molecular weight is 555 g/mol. The normalized spacial score (nSPS) is 15.3. The van der Waals surface area contributed by atoms with Crippen molar-refractivity contribution in [3.63, 3.8) is 0 Å². The fraction of sp³-hybridized carbons (Fsp3) is 0.219. The summed E-state index contributed by atoms with van der Waals surface area (Å²) in [6.07, 6.45) is 0. The molecule has 1 amide bonds. The van der Waals surface area contributed by atoms with Gasteiger partial charge in [0.05, 0.1) is 28.8 Å². The number of thiazole rings is 1. The Kier molecular flexibility index (Phi) is 7.45. The zero-order chi connectivity index (χ0) is 28.6. The van der Waals surface area contributed by atoms with Gasteiger partial charge in [0.15, 0.2) is 17.3 Å². The van der Waals surface area contributed by atoms with Crippen molar-refractivity contribution in [2.45, 2.75) is 39.7 Å². The van der Waals surface area contributed by atoms with Gasteiger partial charge in [-0.25, -0.2) is 4.98 Å². The number of aliphatic hydroxyl groups excluding tert-OH is 1. The number of rotatable bonds is 8. The van der Waals surface area contributed by atoms with Crippen LogP contribution in [0.3, 0.4) is 0 Å². The SMILES string of the molecule is CCOc1cc(C2C(C(=O)c3sc(-c4ccccc4)nc3C)=C(O)C(=O)N2c2ccc(C(C)C)cc2)ccc1O. The number of Topliss-reactive ketones (excluding diaryl/α,β-unsaturated/α-hetero) is 1. The number of ketones is 1. The molecule has 4 aromatic rings. The van der Waals surface area contributed by atoms with Crippen molar-refractivity contribution < 1.29 is 24.5 Å². The molecule has 204 valence electrons. The van der Waals surface area contributed by atoms with Crippen molar-refractivity contribution in [3.8, 4) is 22.1 Å². The number of aromatic hydroxyl groups is 1. The van der Waals surface area contributed by atoms with Crippen LogP contribution in [0.5, 0.6) is 11.5 Å². The fourth-order valence-corrected chi connectivity index (χ4v) is 5.87. The number of aryl methyl sites for hydroxylation is 1. The molecule has 0 bridgehead atoms. The number of carbonyl (C=O) groups excluding carboxylic acids is 2. The van der Waals surface area contributed by atoms with E-state index in [2.05, 4.69) is 18.8 Å². The van der Waals surface area contributed by atoms with Crippen LogP contribution in [-0.4, -0.2) is 33.5 Å². The third-order valence-corrected chi connectivity index (χ3v) is 8.12. The molecule has 2 heterocycles. The number of benzene rings is 3. The lowest BCUT2D eigenvalue weighted by Gasteiger charge is -2.27. The maximum atomic E-state index is 14.1. The number of amides is 1. The van der Waals surface area contributed by atoms with Gasteiger partial charge in [0, 0.05) is 11.3 Å². The second-order valence-electron chi connectivity index (χ2n) is 9.88. The molecular weight excluding hydrogens is 524 g/mol. The summed E-state index contributed by atoms with van der Waals surface area (Å²) >= 11 is 1.22. The molecule has 0 spiro atoms. The van der Waals surface area contributed by atoms with E-state index >= 15 is 0 Å². The number of carbonyl (C=O) groups is 2. The highest BCUT2D eigenvalue weighted by Gasteiger charge is 2.45. The highest BCUT2D eigenvalue weighted by Crippen LogP contribution is 2.45. The van der Waals surface area contributed by atoms with E-state index in [-0.39, 0.29) is 17.1 Å². The highest BCUT2D eigenvalue weighted by atomic mass is 32.1. The molecule has 0 aliphatic carbocycles. The lowest BCUT2D eigenvalue weighted by atomic mass is 9.94. The quantitative estimate of drug-likeness (QED) is 0.225. The van der Waals surface area contributed by atoms with Crippen LogP contribution in [0.4, 0.5) is 5.69 Å². The van der Waals surface area contributed by atoms with Crippen molar-refractivity contribution in [1.29, 1.82) is 0 Å². The number of ether oxygens (including phenoxy) is 1. The largest absolute Gasteiger partial charge is 0.504 e. The zero-order valence-electron chi connectivity index (χ0n) is 22.7. The second kappa shape index (κ2) is 11.0. The van der Waals surface area contributed by atoms with E-state index in [1.54, 1.807) is 26.0 Å². The minimum atomic E-state index is -0.952. The summed E-state index contributed by atoms with van der Waals surface area (Å²) in [5.74, 6) is -1.30. The number of hydrogen-bond donors (Lipinski definition) is 2. The number of phenols is 1. The first kappa shape index (κ1) is 27.1. The summed E-state index contributed by atoms with van der Waals surface area (Å²) in [5, 5.41) is 22.2. The molecule has 1 atom stereocenters. The predicted molar refractivity (Wildman–Crippen MR) is 156 cm³/mol. The summed E-state index contributed by atoms with van der Waals surface area (Å²) in [7, 11) is 0. The lowest BCUT2D eigenvalue weighted by Crippen LogP contribution is -2.31. The number of aliphatic hydroxyl groups is 1. The molecule has 40 heavy (non-hydrogen) atoms. The molecule has 8 heteroatoms. The maximum Gasteiger partial charge on any atom is 0.294 e. The number of nitrogens with zero attached hydrogens (tertiary/aromatic N) is 2. The van der Waals surface area contributed by atoms with Crippen LogP contribution in [0.15, 0.2) is 84.1 Å². The Bertz CT molecular complexity index is 1610. The standard InChI is InChI=1S/C32H30N2O5S/c1-5-39-25-17-22(13-16-24(25)35)27-26(28(36)30-19(4)33-31(40-30)21-9-7-6-8-10-21)29(37)32(38)34(27)23-14-11-20(12-15-23)18(2)3/h6-18,27,35,37H,5H2,1-4H3. The third kappa shape index (κ3) is 4.86. The summed E-state index contributed by atoms with van der Waals surface area (Å²) in [5.41, 5.74) is 3.49. The average Bonchev–Trinajstić information content (AvgIpc) is 3.47. The molecule has 5 rings (SSSR count). The van der Waals surface area contributed by atoms with E-state index in [1.807, 2.05) is 54.6 Å². The molecule has 1 aliphatic heterocycles.